The van der Waals surface area contributed by atoms with Gasteiger partial charge in [-0.2, -0.15) is 0 Å². The van der Waals surface area contributed by atoms with Crippen LogP contribution in [0.2, 0.25) is 0 Å². The van der Waals surface area contributed by atoms with Gasteiger partial charge in [-0.05, 0) is 17.5 Å². The molecule has 0 spiro atoms. The number of carbonyl (C=O) groups is 2. The normalized spacial score (nSPS) is 12.5. The lowest BCUT2D eigenvalue weighted by Gasteiger charge is -2.17. The number of H-pyrrole nitrogens is 1. The van der Waals surface area contributed by atoms with Gasteiger partial charge >= 0.3 is 5.97 Å². The van der Waals surface area contributed by atoms with Crippen molar-refractivity contribution < 1.29 is 14.7 Å². The average molecular weight is 316 g/mol. The Morgan fingerprint density at radius 2 is 1.91 bits per heavy atom. The van der Waals surface area contributed by atoms with Gasteiger partial charge in [0, 0.05) is 29.9 Å². The Hall–Kier alpha value is -2.30. The van der Waals surface area contributed by atoms with E-state index in [1.807, 2.05) is 44.3 Å². The molecule has 0 aliphatic rings. The molecule has 3 N–H and O–H groups in total. The highest BCUT2D eigenvalue weighted by Crippen LogP contribution is 2.19. The van der Waals surface area contributed by atoms with E-state index in [1.165, 1.54) is 0 Å². The highest BCUT2D eigenvalue weighted by atomic mass is 16.4. The topological polar surface area (TPSA) is 82.2 Å². The van der Waals surface area contributed by atoms with Crippen molar-refractivity contribution >= 4 is 22.8 Å². The molecule has 5 nitrogen and oxygen atoms in total. The highest BCUT2D eigenvalue weighted by molar-refractivity contribution is 5.86. The van der Waals surface area contributed by atoms with E-state index in [2.05, 4.69) is 10.3 Å². The molecule has 0 aliphatic heterocycles. The fourth-order valence-corrected chi connectivity index (χ4v) is 2.81. The van der Waals surface area contributed by atoms with Crippen LogP contribution in [0.25, 0.3) is 10.9 Å². The molecule has 23 heavy (non-hydrogen) atoms. The van der Waals surface area contributed by atoms with Crippen molar-refractivity contribution in [3.8, 4) is 0 Å². The molecule has 0 bridgehead atoms. The third-order valence-electron chi connectivity index (χ3n) is 4.36. The molecular formula is C18H24N2O3. The van der Waals surface area contributed by atoms with Gasteiger partial charge in [-0.1, -0.05) is 44.9 Å². The first-order valence-corrected chi connectivity index (χ1v) is 8.12. The number of aliphatic carboxylic acids is 1. The Balaban J connectivity index is 2.07. The van der Waals surface area contributed by atoms with E-state index in [0.717, 1.165) is 29.3 Å². The molecule has 0 saturated heterocycles. The summed E-state index contributed by atoms with van der Waals surface area (Å²) in [6, 6.07) is 6.83. The SMILES string of the molecule is CCC(CC)CC(=O)NC(Cc1c[nH]c2ccccc12)C(=O)O. The van der Waals surface area contributed by atoms with Crippen LogP contribution in [0.3, 0.4) is 0 Å². The summed E-state index contributed by atoms with van der Waals surface area (Å²) in [6.45, 7) is 4.09. The minimum Gasteiger partial charge on any atom is -0.480 e. The van der Waals surface area contributed by atoms with Crippen LogP contribution in [0.15, 0.2) is 30.5 Å². The van der Waals surface area contributed by atoms with Crippen molar-refractivity contribution in [1.82, 2.24) is 10.3 Å². The van der Waals surface area contributed by atoms with Crippen molar-refractivity contribution in [3.05, 3.63) is 36.0 Å². The van der Waals surface area contributed by atoms with Crippen LogP contribution in [0.5, 0.6) is 0 Å². The number of amides is 1. The minimum absolute atomic E-state index is 0.189. The predicted octanol–water partition coefficient (Wildman–Crippen LogP) is 3.11. The van der Waals surface area contributed by atoms with Gasteiger partial charge in [-0.3, -0.25) is 4.79 Å². The van der Waals surface area contributed by atoms with Crippen LogP contribution < -0.4 is 5.32 Å². The summed E-state index contributed by atoms with van der Waals surface area (Å²) < 4.78 is 0. The number of carboxylic acid groups (broad SMARTS) is 1. The second kappa shape index (κ2) is 7.81. The van der Waals surface area contributed by atoms with Crippen LogP contribution in [0.1, 0.15) is 38.7 Å². The average Bonchev–Trinajstić information content (AvgIpc) is 2.95. The van der Waals surface area contributed by atoms with E-state index >= 15 is 0 Å². The zero-order valence-corrected chi connectivity index (χ0v) is 13.6. The Morgan fingerprint density at radius 1 is 1.22 bits per heavy atom. The molecule has 5 heteroatoms. The lowest BCUT2D eigenvalue weighted by atomic mass is 9.98. The molecule has 1 aromatic carbocycles. The van der Waals surface area contributed by atoms with Gasteiger partial charge in [0.2, 0.25) is 5.91 Å². The summed E-state index contributed by atoms with van der Waals surface area (Å²) in [5.41, 5.74) is 1.87. The molecule has 1 heterocycles. The Kier molecular flexibility index (Phi) is 5.79. The molecule has 1 atom stereocenters. The summed E-state index contributed by atoms with van der Waals surface area (Å²) in [7, 11) is 0. The summed E-state index contributed by atoms with van der Waals surface area (Å²) >= 11 is 0. The van der Waals surface area contributed by atoms with Crippen molar-refractivity contribution in [2.24, 2.45) is 5.92 Å². The maximum Gasteiger partial charge on any atom is 0.326 e. The summed E-state index contributed by atoms with van der Waals surface area (Å²) in [6.07, 6.45) is 4.31. The predicted molar refractivity (Wildman–Crippen MR) is 90.3 cm³/mol. The second-order valence-electron chi connectivity index (χ2n) is 5.91. The molecule has 1 unspecified atom stereocenters. The number of carbonyl (C=O) groups excluding carboxylic acids is 1. The first kappa shape index (κ1) is 17.1. The van der Waals surface area contributed by atoms with Crippen LogP contribution in [0.4, 0.5) is 0 Å². The van der Waals surface area contributed by atoms with Gasteiger partial charge in [0.15, 0.2) is 0 Å². The van der Waals surface area contributed by atoms with E-state index in [1.54, 1.807) is 0 Å². The molecule has 2 rings (SSSR count). The molecule has 1 amide bonds. The second-order valence-corrected chi connectivity index (χ2v) is 5.91. The van der Waals surface area contributed by atoms with Crippen molar-refractivity contribution in [3.63, 3.8) is 0 Å². The van der Waals surface area contributed by atoms with E-state index in [0.29, 0.717) is 12.3 Å². The molecular weight excluding hydrogens is 292 g/mol. The van der Waals surface area contributed by atoms with Crippen LogP contribution in [-0.4, -0.2) is 28.0 Å². The Bertz CT molecular complexity index is 674. The van der Waals surface area contributed by atoms with E-state index in [-0.39, 0.29) is 12.3 Å². The Labute approximate surface area is 136 Å². The van der Waals surface area contributed by atoms with E-state index < -0.39 is 12.0 Å². The highest BCUT2D eigenvalue weighted by Gasteiger charge is 2.22. The van der Waals surface area contributed by atoms with E-state index in [9.17, 15) is 14.7 Å². The molecule has 124 valence electrons. The quantitative estimate of drug-likeness (QED) is 0.700. The molecule has 0 saturated carbocycles. The zero-order chi connectivity index (χ0) is 16.8. The fourth-order valence-electron chi connectivity index (χ4n) is 2.81. The first-order valence-electron chi connectivity index (χ1n) is 8.12. The number of rotatable bonds is 8. The monoisotopic (exact) mass is 316 g/mol. The number of para-hydroxylation sites is 1. The van der Waals surface area contributed by atoms with Crippen molar-refractivity contribution in [1.29, 1.82) is 0 Å². The minimum atomic E-state index is -1.01. The number of benzene rings is 1. The Morgan fingerprint density at radius 3 is 2.57 bits per heavy atom. The third kappa shape index (κ3) is 4.34. The number of nitrogens with one attached hydrogen (secondary N) is 2. The number of fused-ring (bicyclic) bond motifs is 1. The molecule has 0 aliphatic carbocycles. The van der Waals surface area contributed by atoms with E-state index in [4.69, 9.17) is 0 Å². The van der Waals surface area contributed by atoms with Crippen LogP contribution >= 0.6 is 0 Å². The smallest absolute Gasteiger partial charge is 0.326 e. The fraction of sp³-hybridized carbons (Fsp3) is 0.444. The van der Waals surface area contributed by atoms with Gasteiger partial charge in [-0.15, -0.1) is 0 Å². The molecule has 2 aromatic rings. The lowest BCUT2D eigenvalue weighted by molar-refractivity contribution is -0.141. The summed E-state index contributed by atoms with van der Waals surface area (Å²) in [5.74, 6) is -0.892. The zero-order valence-electron chi connectivity index (χ0n) is 13.6. The van der Waals surface area contributed by atoms with Gasteiger partial charge in [0.05, 0.1) is 0 Å². The molecule has 0 fully saturated rings. The largest absolute Gasteiger partial charge is 0.480 e. The summed E-state index contributed by atoms with van der Waals surface area (Å²) in [5, 5.41) is 13.1. The third-order valence-corrected chi connectivity index (χ3v) is 4.36. The number of aromatic nitrogens is 1. The van der Waals surface area contributed by atoms with Crippen LogP contribution in [0, 0.1) is 5.92 Å². The van der Waals surface area contributed by atoms with Crippen LogP contribution in [-0.2, 0) is 16.0 Å². The first-order chi connectivity index (χ1) is 11.0. The van der Waals surface area contributed by atoms with Gasteiger partial charge in [0.25, 0.3) is 0 Å². The standard InChI is InChI=1S/C18H24N2O3/c1-3-12(4-2)9-17(21)20-16(18(22)23)10-13-11-19-15-8-6-5-7-14(13)15/h5-8,11-12,16,19H,3-4,9-10H2,1-2H3,(H,20,21)(H,22,23). The lowest BCUT2D eigenvalue weighted by Crippen LogP contribution is -2.42. The number of hydrogen-bond donors (Lipinski definition) is 3. The maximum atomic E-state index is 12.1. The maximum absolute atomic E-state index is 12.1. The van der Waals surface area contributed by atoms with Crippen molar-refractivity contribution in [2.75, 3.05) is 0 Å². The van der Waals surface area contributed by atoms with Gasteiger partial charge in [0.1, 0.15) is 6.04 Å². The number of hydrogen-bond acceptors (Lipinski definition) is 2. The number of carboxylic acids is 1. The summed E-state index contributed by atoms with van der Waals surface area (Å²) in [4.78, 5) is 26.7. The van der Waals surface area contributed by atoms with Gasteiger partial charge in [-0.25, -0.2) is 4.79 Å². The van der Waals surface area contributed by atoms with Crippen molar-refractivity contribution in [2.45, 2.75) is 45.6 Å². The number of aromatic amines is 1. The molecule has 0 radical (unpaired) electrons. The van der Waals surface area contributed by atoms with Gasteiger partial charge < -0.3 is 15.4 Å². The molecule has 1 aromatic heterocycles.